The summed E-state index contributed by atoms with van der Waals surface area (Å²) in [7, 11) is 1.87. The maximum atomic E-state index is 12.9. The highest BCUT2D eigenvalue weighted by molar-refractivity contribution is 5.95. The number of rotatable bonds is 8. The number of carbonyl (C=O) groups excluding carboxylic acids is 1. The molecule has 2 heterocycles. The number of amides is 1. The van der Waals surface area contributed by atoms with E-state index in [0.29, 0.717) is 23.6 Å². The van der Waals surface area contributed by atoms with Crippen LogP contribution in [-0.4, -0.2) is 41.9 Å². The van der Waals surface area contributed by atoms with Gasteiger partial charge in [0, 0.05) is 24.5 Å². The summed E-state index contributed by atoms with van der Waals surface area (Å²) in [5.41, 5.74) is 2.79. The van der Waals surface area contributed by atoms with Gasteiger partial charge in [-0.05, 0) is 36.8 Å². The molecule has 33 heavy (non-hydrogen) atoms. The molecule has 2 unspecified atom stereocenters. The number of aliphatic hydroxyl groups is 1. The highest BCUT2D eigenvalue weighted by atomic mass is 16.3. The highest BCUT2D eigenvalue weighted by Gasteiger charge is 2.20. The van der Waals surface area contributed by atoms with Crippen molar-refractivity contribution >= 4 is 11.6 Å². The Hall–Kier alpha value is -4.11. The molecule has 9 heteroatoms. The van der Waals surface area contributed by atoms with Gasteiger partial charge in [-0.2, -0.15) is 0 Å². The molecular weight excluding hydrogens is 418 g/mol. The molecule has 0 fully saturated rings. The molecule has 0 radical (unpaired) electrons. The molecular formula is C24H25N7O2. The lowest BCUT2D eigenvalue weighted by Crippen LogP contribution is -2.35. The smallest absolute Gasteiger partial charge is 0.251 e. The van der Waals surface area contributed by atoms with E-state index in [1.807, 2.05) is 48.0 Å². The Labute approximate surface area is 191 Å². The van der Waals surface area contributed by atoms with Crippen LogP contribution in [0.25, 0.3) is 11.5 Å². The zero-order chi connectivity index (χ0) is 23.2. The second-order valence-electron chi connectivity index (χ2n) is 7.63. The number of nitrogens with zero attached hydrogens (tertiary/aromatic N) is 5. The molecule has 2 aromatic carbocycles. The van der Waals surface area contributed by atoms with Crippen LogP contribution in [0.15, 0.2) is 73.2 Å². The summed E-state index contributed by atoms with van der Waals surface area (Å²) in [6.45, 7) is 2.08. The van der Waals surface area contributed by atoms with E-state index in [1.165, 1.54) is 6.33 Å². The fourth-order valence-corrected chi connectivity index (χ4v) is 3.48. The van der Waals surface area contributed by atoms with Crippen LogP contribution < -0.4 is 10.6 Å². The van der Waals surface area contributed by atoms with Crippen molar-refractivity contribution in [3.8, 4) is 11.5 Å². The molecule has 0 saturated carbocycles. The van der Waals surface area contributed by atoms with E-state index in [-0.39, 0.29) is 5.91 Å². The molecule has 0 saturated heterocycles. The van der Waals surface area contributed by atoms with Gasteiger partial charge in [-0.1, -0.05) is 36.4 Å². The van der Waals surface area contributed by atoms with E-state index < -0.39 is 12.1 Å². The Morgan fingerprint density at radius 2 is 1.91 bits per heavy atom. The highest BCUT2D eigenvalue weighted by Crippen LogP contribution is 2.19. The summed E-state index contributed by atoms with van der Waals surface area (Å²) < 4.78 is 1.86. The fraction of sp³-hybridized carbons (Fsp3) is 0.208. The standard InChI is InChI=1S/C24H25N7O2/c1-16(32)22(17-7-4-3-5-8-17)28-24(33)18-9-6-10-19(13-18)26-14-21-29-30-23(31(21)2)20-11-12-25-15-27-20/h3-13,15-16,22,26,32H,14H2,1-2H3,(H,28,33). The molecule has 2 atom stereocenters. The van der Waals surface area contributed by atoms with Crippen LogP contribution in [0.3, 0.4) is 0 Å². The van der Waals surface area contributed by atoms with Crippen molar-refractivity contribution in [1.82, 2.24) is 30.0 Å². The third kappa shape index (κ3) is 5.21. The molecule has 168 valence electrons. The lowest BCUT2D eigenvalue weighted by atomic mass is 10.0. The first-order valence-corrected chi connectivity index (χ1v) is 10.6. The molecule has 0 bridgehead atoms. The lowest BCUT2D eigenvalue weighted by Gasteiger charge is -2.22. The molecule has 2 aromatic heterocycles. The quantitative estimate of drug-likeness (QED) is 0.383. The second-order valence-corrected chi connectivity index (χ2v) is 7.63. The number of hydrogen-bond donors (Lipinski definition) is 3. The van der Waals surface area contributed by atoms with Crippen LogP contribution in [0.1, 0.15) is 34.7 Å². The molecule has 0 aliphatic rings. The molecule has 9 nitrogen and oxygen atoms in total. The summed E-state index contributed by atoms with van der Waals surface area (Å²) in [6.07, 6.45) is 2.39. The van der Waals surface area contributed by atoms with Crippen molar-refractivity contribution in [3.05, 3.63) is 90.1 Å². The summed E-state index contributed by atoms with van der Waals surface area (Å²) >= 11 is 0. The second kappa shape index (κ2) is 10.0. The molecule has 0 spiro atoms. The van der Waals surface area contributed by atoms with Crippen LogP contribution in [0.4, 0.5) is 5.69 Å². The largest absolute Gasteiger partial charge is 0.391 e. The first-order chi connectivity index (χ1) is 16.0. The number of hydrogen-bond acceptors (Lipinski definition) is 7. The summed E-state index contributed by atoms with van der Waals surface area (Å²) in [5.74, 6) is 1.10. The SMILES string of the molecule is CC(O)C(NC(=O)c1cccc(NCc2nnc(-c3ccncn3)n2C)c1)c1ccccc1. The van der Waals surface area contributed by atoms with E-state index in [9.17, 15) is 9.90 Å². The Kier molecular flexibility index (Phi) is 6.70. The summed E-state index contributed by atoms with van der Waals surface area (Å²) in [6, 6.07) is 17.9. The zero-order valence-corrected chi connectivity index (χ0v) is 18.4. The van der Waals surface area contributed by atoms with Crippen LogP contribution in [-0.2, 0) is 13.6 Å². The number of carbonyl (C=O) groups is 1. The number of anilines is 1. The van der Waals surface area contributed by atoms with Crippen LogP contribution in [0.5, 0.6) is 0 Å². The summed E-state index contributed by atoms with van der Waals surface area (Å²) in [5, 5.41) is 24.9. The number of aliphatic hydroxyl groups excluding tert-OH is 1. The van der Waals surface area contributed by atoms with Gasteiger partial charge in [0.05, 0.1) is 18.7 Å². The maximum Gasteiger partial charge on any atom is 0.251 e. The van der Waals surface area contributed by atoms with Gasteiger partial charge < -0.3 is 20.3 Å². The van der Waals surface area contributed by atoms with Gasteiger partial charge in [0.2, 0.25) is 0 Å². The number of aromatic nitrogens is 5. The van der Waals surface area contributed by atoms with Gasteiger partial charge in [0.25, 0.3) is 5.91 Å². The minimum atomic E-state index is -0.738. The Balaban J connectivity index is 1.44. The Morgan fingerprint density at radius 1 is 1.09 bits per heavy atom. The first-order valence-electron chi connectivity index (χ1n) is 10.6. The van der Waals surface area contributed by atoms with E-state index in [4.69, 9.17) is 0 Å². The van der Waals surface area contributed by atoms with Gasteiger partial charge >= 0.3 is 0 Å². The predicted octanol–water partition coefficient (Wildman–Crippen LogP) is 2.74. The lowest BCUT2D eigenvalue weighted by molar-refractivity contribution is 0.0858. The Morgan fingerprint density at radius 3 is 2.64 bits per heavy atom. The monoisotopic (exact) mass is 443 g/mol. The van der Waals surface area contributed by atoms with Crippen molar-refractivity contribution in [2.45, 2.75) is 25.6 Å². The van der Waals surface area contributed by atoms with E-state index >= 15 is 0 Å². The maximum absolute atomic E-state index is 12.9. The van der Waals surface area contributed by atoms with Crippen LogP contribution in [0.2, 0.25) is 0 Å². The Bertz CT molecular complexity index is 1210. The van der Waals surface area contributed by atoms with E-state index in [0.717, 1.165) is 17.1 Å². The van der Waals surface area contributed by atoms with Crippen LogP contribution >= 0.6 is 0 Å². The normalized spacial score (nSPS) is 12.7. The van der Waals surface area contributed by atoms with Crippen molar-refractivity contribution < 1.29 is 9.90 Å². The molecule has 0 aliphatic heterocycles. The van der Waals surface area contributed by atoms with E-state index in [1.54, 1.807) is 37.4 Å². The van der Waals surface area contributed by atoms with Gasteiger partial charge in [-0.25, -0.2) is 9.97 Å². The van der Waals surface area contributed by atoms with Crippen molar-refractivity contribution in [1.29, 1.82) is 0 Å². The molecule has 0 aliphatic carbocycles. The van der Waals surface area contributed by atoms with Crippen LogP contribution in [0, 0.1) is 0 Å². The number of benzene rings is 2. The van der Waals surface area contributed by atoms with Crippen molar-refractivity contribution in [2.75, 3.05) is 5.32 Å². The summed E-state index contributed by atoms with van der Waals surface area (Å²) in [4.78, 5) is 21.0. The molecule has 3 N–H and O–H groups in total. The predicted molar refractivity (Wildman–Crippen MR) is 124 cm³/mol. The molecule has 1 amide bonds. The van der Waals surface area contributed by atoms with Crippen molar-refractivity contribution in [2.24, 2.45) is 7.05 Å². The first kappa shape index (κ1) is 22.1. The molecule has 4 rings (SSSR count). The average molecular weight is 444 g/mol. The fourth-order valence-electron chi connectivity index (χ4n) is 3.48. The van der Waals surface area contributed by atoms with Gasteiger partial charge in [0.15, 0.2) is 11.6 Å². The zero-order valence-electron chi connectivity index (χ0n) is 18.4. The van der Waals surface area contributed by atoms with Gasteiger partial charge in [-0.15, -0.1) is 10.2 Å². The van der Waals surface area contributed by atoms with Crippen molar-refractivity contribution in [3.63, 3.8) is 0 Å². The minimum Gasteiger partial charge on any atom is -0.391 e. The minimum absolute atomic E-state index is 0.266. The topological polar surface area (TPSA) is 118 Å². The third-order valence-electron chi connectivity index (χ3n) is 5.28. The van der Waals surface area contributed by atoms with E-state index in [2.05, 4.69) is 30.8 Å². The third-order valence-corrected chi connectivity index (χ3v) is 5.28. The molecule has 4 aromatic rings. The van der Waals surface area contributed by atoms with Gasteiger partial charge in [-0.3, -0.25) is 4.79 Å². The average Bonchev–Trinajstić information content (AvgIpc) is 3.22. The number of nitrogens with one attached hydrogen (secondary N) is 2. The van der Waals surface area contributed by atoms with Gasteiger partial charge in [0.1, 0.15) is 12.0 Å².